The molecule has 0 spiro atoms. The third-order valence-electron chi connectivity index (χ3n) is 3.64. The van der Waals surface area contributed by atoms with Crippen molar-refractivity contribution in [3.8, 4) is 0 Å². The van der Waals surface area contributed by atoms with Crippen LogP contribution in [0.5, 0.6) is 0 Å². The lowest BCUT2D eigenvalue weighted by Gasteiger charge is -2.20. The third kappa shape index (κ3) is 5.44. The molecule has 2 rings (SSSR count). The first-order chi connectivity index (χ1) is 12.4. The maximum absolute atomic E-state index is 13.3. The molecule has 138 valence electrons. The van der Waals surface area contributed by atoms with Crippen molar-refractivity contribution in [3.05, 3.63) is 63.3 Å². The van der Waals surface area contributed by atoms with E-state index < -0.39 is 23.7 Å². The smallest absolute Gasteiger partial charge is 0.396 e. The average Bonchev–Trinajstić information content (AvgIpc) is 2.61. The van der Waals surface area contributed by atoms with Gasteiger partial charge >= 0.3 is 11.9 Å². The molecule has 1 atom stereocenters. The van der Waals surface area contributed by atoms with Crippen molar-refractivity contribution < 1.29 is 18.7 Å². The van der Waals surface area contributed by atoms with Gasteiger partial charge in [-0.15, -0.1) is 0 Å². The van der Waals surface area contributed by atoms with Crippen LogP contribution < -0.4 is 10.6 Å². The number of ether oxygens (including phenoxy) is 1. The van der Waals surface area contributed by atoms with Gasteiger partial charge in [-0.3, -0.25) is 4.79 Å². The maximum atomic E-state index is 13.3. The Morgan fingerprint density at radius 2 is 2.00 bits per heavy atom. The number of halogens is 3. The minimum atomic E-state index is -1.01. The number of rotatable bonds is 6. The van der Waals surface area contributed by atoms with Gasteiger partial charge in [0.25, 0.3) is 0 Å². The van der Waals surface area contributed by atoms with Crippen molar-refractivity contribution in [1.29, 1.82) is 0 Å². The quantitative estimate of drug-likeness (QED) is 0.522. The zero-order valence-corrected chi connectivity index (χ0v) is 16.2. The van der Waals surface area contributed by atoms with Crippen LogP contribution in [0.2, 0.25) is 5.02 Å². The Labute approximate surface area is 164 Å². The summed E-state index contributed by atoms with van der Waals surface area (Å²) in [6.45, 7) is 0.475. The van der Waals surface area contributed by atoms with Crippen LogP contribution in [0.3, 0.4) is 0 Å². The van der Waals surface area contributed by atoms with Crippen LogP contribution in [0.4, 0.5) is 10.1 Å². The van der Waals surface area contributed by atoms with E-state index in [1.54, 1.807) is 0 Å². The van der Waals surface area contributed by atoms with Gasteiger partial charge in [0.05, 0.1) is 13.2 Å². The molecule has 2 aromatic rings. The molecule has 8 heteroatoms. The molecule has 0 aliphatic heterocycles. The first-order valence-electron chi connectivity index (χ1n) is 7.74. The molecule has 0 aromatic heterocycles. The molecular weight excluding hydrogens is 427 g/mol. The largest absolute Gasteiger partial charge is 0.462 e. The molecule has 0 fully saturated rings. The number of carbonyl (C=O) groups excluding carboxylic acids is 2. The van der Waals surface area contributed by atoms with Crippen molar-refractivity contribution >= 4 is 45.1 Å². The predicted octanol–water partition coefficient (Wildman–Crippen LogP) is 4.07. The fraction of sp³-hybridized carbons (Fsp3) is 0.222. The summed E-state index contributed by atoms with van der Waals surface area (Å²) in [5.74, 6) is -2.38. The van der Waals surface area contributed by atoms with Gasteiger partial charge in [-0.1, -0.05) is 29.8 Å². The number of nitrogens with one attached hydrogen (secondary N) is 2. The molecule has 0 bridgehead atoms. The van der Waals surface area contributed by atoms with Gasteiger partial charge in [0.15, 0.2) is 0 Å². The van der Waals surface area contributed by atoms with Crippen LogP contribution in [0, 0.1) is 5.82 Å². The third-order valence-corrected chi connectivity index (χ3v) is 4.66. The van der Waals surface area contributed by atoms with Gasteiger partial charge in [-0.05, 0) is 52.2 Å². The monoisotopic (exact) mass is 442 g/mol. The summed E-state index contributed by atoms with van der Waals surface area (Å²) in [6.07, 6.45) is 0.412. The van der Waals surface area contributed by atoms with Crippen molar-refractivity contribution in [3.63, 3.8) is 0 Å². The molecule has 1 unspecified atom stereocenters. The topological polar surface area (TPSA) is 67.4 Å². The Balaban J connectivity index is 2.13. The van der Waals surface area contributed by atoms with Gasteiger partial charge < -0.3 is 15.4 Å². The Morgan fingerprint density at radius 3 is 2.65 bits per heavy atom. The molecule has 1 amide bonds. The van der Waals surface area contributed by atoms with E-state index >= 15 is 0 Å². The Morgan fingerprint density at radius 1 is 1.27 bits per heavy atom. The second kappa shape index (κ2) is 9.54. The number of methoxy groups -OCH3 is 1. The molecule has 0 radical (unpaired) electrons. The fourth-order valence-corrected chi connectivity index (χ4v) is 3.08. The molecule has 5 nitrogen and oxygen atoms in total. The summed E-state index contributed by atoms with van der Waals surface area (Å²) in [5.41, 5.74) is 1.40. The molecule has 0 saturated heterocycles. The van der Waals surface area contributed by atoms with Gasteiger partial charge in [0, 0.05) is 21.7 Å². The number of para-hydroxylation sites is 1. The van der Waals surface area contributed by atoms with Gasteiger partial charge in [0.1, 0.15) is 5.82 Å². The minimum absolute atomic E-state index is 0.168. The van der Waals surface area contributed by atoms with Crippen LogP contribution in [-0.4, -0.2) is 25.5 Å². The number of benzene rings is 2. The van der Waals surface area contributed by atoms with Crippen LogP contribution in [-0.2, 0) is 14.3 Å². The van der Waals surface area contributed by atoms with Crippen molar-refractivity contribution in [2.45, 2.75) is 12.5 Å². The fourth-order valence-electron chi connectivity index (χ4n) is 2.36. The average molecular weight is 444 g/mol. The summed E-state index contributed by atoms with van der Waals surface area (Å²) in [4.78, 5) is 23.3. The van der Waals surface area contributed by atoms with Gasteiger partial charge in [0.2, 0.25) is 0 Å². The second-order valence-corrected chi connectivity index (χ2v) is 6.64. The zero-order valence-electron chi connectivity index (χ0n) is 13.9. The summed E-state index contributed by atoms with van der Waals surface area (Å²) in [6, 6.07) is 10.9. The molecule has 0 saturated carbocycles. The molecule has 0 aliphatic carbocycles. The number of hydrogen-bond acceptors (Lipinski definition) is 4. The molecular formula is C18H17BrClFN2O3. The highest BCUT2D eigenvalue weighted by Gasteiger charge is 2.22. The van der Waals surface area contributed by atoms with Crippen molar-refractivity contribution in [2.24, 2.45) is 0 Å². The summed E-state index contributed by atoms with van der Waals surface area (Å²) in [5, 5.41) is 5.97. The molecule has 2 aromatic carbocycles. The lowest BCUT2D eigenvalue weighted by Crippen LogP contribution is -2.36. The Hall–Kier alpha value is -2.12. The van der Waals surface area contributed by atoms with Gasteiger partial charge in [-0.25, -0.2) is 9.18 Å². The van der Waals surface area contributed by atoms with E-state index in [0.29, 0.717) is 18.5 Å². The summed E-state index contributed by atoms with van der Waals surface area (Å²) >= 11 is 9.55. The molecule has 26 heavy (non-hydrogen) atoms. The standard InChI is InChI=1S/C18H17BrClFN2O3/c1-26-18(25)17(24)23-15(12-7-6-11(21)10-14(12)20)8-9-22-16-5-3-2-4-13(16)19/h2-7,10,15,22H,8-9H2,1H3,(H,23,24). The number of amides is 1. The SMILES string of the molecule is COC(=O)C(=O)NC(CCNc1ccccc1Br)c1ccc(F)cc1Cl. The first-order valence-corrected chi connectivity index (χ1v) is 8.91. The van der Waals surface area contributed by atoms with E-state index in [4.69, 9.17) is 11.6 Å². The number of hydrogen-bond donors (Lipinski definition) is 2. The van der Waals surface area contributed by atoms with Gasteiger partial charge in [-0.2, -0.15) is 0 Å². The lowest BCUT2D eigenvalue weighted by atomic mass is 10.0. The number of carbonyl (C=O) groups is 2. The lowest BCUT2D eigenvalue weighted by molar-refractivity contribution is -0.153. The van der Waals surface area contributed by atoms with E-state index in [2.05, 4.69) is 31.3 Å². The Kier molecular flexibility index (Phi) is 7.41. The van der Waals surface area contributed by atoms with E-state index in [0.717, 1.165) is 23.3 Å². The number of anilines is 1. The molecule has 2 N–H and O–H groups in total. The van der Waals surface area contributed by atoms with Crippen molar-refractivity contribution in [2.75, 3.05) is 19.0 Å². The minimum Gasteiger partial charge on any atom is -0.462 e. The van der Waals surface area contributed by atoms with Crippen molar-refractivity contribution in [1.82, 2.24) is 5.32 Å². The molecule has 0 aliphatic rings. The number of esters is 1. The van der Waals surface area contributed by atoms with E-state index in [-0.39, 0.29) is 5.02 Å². The molecule has 0 heterocycles. The highest BCUT2D eigenvalue weighted by Crippen LogP contribution is 2.27. The summed E-state index contributed by atoms with van der Waals surface area (Å²) < 4.78 is 18.6. The van der Waals surface area contributed by atoms with E-state index in [9.17, 15) is 14.0 Å². The second-order valence-electron chi connectivity index (χ2n) is 5.38. The zero-order chi connectivity index (χ0) is 19.1. The van der Waals surface area contributed by atoms with Crippen LogP contribution in [0.1, 0.15) is 18.0 Å². The Bertz CT molecular complexity index is 804. The summed E-state index contributed by atoms with van der Waals surface area (Å²) in [7, 11) is 1.12. The van der Waals surface area contributed by atoms with E-state index in [1.807, 2.05) is 24.3 Å². The normalized spacial score (nSPS) is 11.5. The van der Waals surface area contributed by atoms with Crippen LogP contribution in [0.15, 0.2) is 46.9 Å². The van der Waals surface area contributed by atoms with Crippen LogP contribution in [0.25, 0.3) is 0 Å². The maximum Gasteiger partial charge on any atom is 0.396 e. The highest BCUT2D eigenvalue weighted by atomic mass is 79.9. The van der Waals surface area contributed by atoms with Crippen LogP contribution >= 0.6 is 27.5 Å². The predicted molar refractivity (Wildman–Crippen MR) is 102 cm³/mol. The first kappa shape index (κ1) is 20.2. The highest BCUT2D eigenvalue weighted by molar-refractivity contribution is 9.10. The van der Waals surface area contributed by atoms with E-state index in [1.165, 1.54) is 12.1 Å².